The number of sulfonamides is 1. The molecule has 5 rings (SSSR count). The van der Waals surface area contributed by atoms with Crippen molar-refractivity contribution in [2.45, 2.75) is 37.1 Å². The molecule has 1 amide bonds. The van der Waals surface area contributed by atoms with Crippen molar-refractivity contribution in [1.82, 2.24) is 24.2 Å². The lowest BCUT2D eigenvalue weighted by molar-refractivity contribution is -0.120. The summed E-state index contributed by atoms with van der Waals surface area (Å²) in [6, 6.07) is 18.3. The summed E-state index contributed by atoms with van der Waals surface area (Å²) in [5, 5.41) is 2.90. The van der Waals surface area contributed by atoms with E-state index in [4.69, 9.17) is 0 Å². The third-order valence-corrected chi connectivity index (χ3v) is 8.15. The fourth-order valence-electron chi connectivity index (χ4n) is 4.29. The molecule has 0 spiro atoms. The van der Waals surface area contributed by atoms with Crippen molar-refractivity contribution in [1.29, 1.82) is 0 Å². The molecule has 3 heterocycles. The number of nitrogens with zero attached hydrogens (tertiary/aromatic N) is 4. The molecular weight excluding hydrogens is 462 g/mol. The van der Waals surface area contributed by atoms with Gasteiger partial charge < -0.3 is 5.32 Å². The molecule has 0 saturated carbocycles. The van der Waals surface area contributed by atoms with E-state index in [1.54, 1.807) is 41.1 Å². The highest BCUT2D eigenvalue weighted by molar-refractivity contribution is 7.89. The van der Waals surface area contributed by atoms with Gasteiger partial charge in [-0.1, -0.05) is 36.8 Å². The average molecular weight is 490 g/mol. The fourth-order valence-corrected chi connectivity index (χ4v) is 5.80. The number of piperidine rings is 1. The number of fused-ring (bicyclic) bond motifs is 1. The van der Waals surface area contributed by atoms with Gasteiger partial charge in [0.25, 0.3) is 0 Å². The first-order valence-corrected chi connectivity index (χ1v) is 13.2. The van der Waals surface area contributed by atoms with Crippen molar-refractivity contribution in [3.8, 4) is 5.82 Å². The van der Waals surface area contributed by atoms with E-state index in [2.05, 4.69) is 15.3 Å². The molecule has 1 aliphatic heterocycles. The standard InChI is InChI=1S/C26H27N5O3S/c32-26(16-20-8-11-22(12-9-20)35(33,34)30-14-4-1-5-15-30)28-18-21-10-13-25(27-17-21)31-19-29-23-6-2-3-7-24(23)31/h2-3,6-13,17,19H,1,4-5,14-16,18H2,(H,28,32). The van der Waals surface area contributed by atoms with E-state index < -0.39 is 10.0 Å². The molecule has 0 aliphatic carbocycles. The molecular formula is C26H27N5O3S. The minimum atomic E-state index is -3.47. The zero-order valence-electron chi connectivity index (χ0n) is 19.3. The van der Waals surface area contributed by atoms with E-state index in [0.29, 0.717) is 19.6 Å². The molecule has 0 atom stereocenters. The predicted octanol–water partition coefficient (Wildman–Crippen LogP) is 3.45. The molecule has 9 heteroatoms. The van der Waals surface area contributed by atoms with Gasteiger partial charge in [0.1, 0.15) is 12.1 Å². The first-order valence-electron chi connectivity index (χ1n) is 11.7. The Morgan fingerprint density at radius 3 is 2.37 bits per heavy atom. The third-order valence-electron chi connectivity index (χ3n) is 6.24. The van der Waals surface area contributed by atoms with Crippen molar-refractivity contribution in [2.24, 2.45) is 0 Å². The summed E-state index contributed by atoms with van der Waals surface area (Å²) in [4.78, 5) is 21.6. The molecule has 1 fully saturated rings. The Bertz CT molecular complexity index is 1420. The minimum Gasteiger partial charge on any atom is -0.352 e. The monoisotopic (exact) mass is 489 g/mol. The molecule has 0 radical (unpaired) electrons. The summed E-state index contributed by atoms with van der Waals surface area (Å²) < 4.78 is 29.0. The van der Waals surface area contributed by atoms with Crippen LogP contribution >= 0.6 is 0 Å². The maximum absolute atomic E-state index is 12.8. The Labute approximate surface area is 204 Å². The van der Waals surface area contributed by atoms with Crippen LogP contribution in [0.25, 0.3) is 16.9 Å². The van der Waals surface area contributed by atoms with Crippen molar-refractivity contribution in [3.05, 3.63) is 84.3 Å². The number of carbonyl (C=O) groups excluding carboxylic acids is 1. The lowest BCUT2D eigenvalue weighted by Gasteiger charge is -2.25. The van der Waals surface area contributed by atoms with Gasteiger partial charge in [-0.3, -0.25) is 9.36 Å². The van der Waals surface area contributed by atoms with Crippen LogP contribution in [0.15, 0.2) is 78.1 Å². The summed E-state index contributed by atoms with van der Waals surface area (Å²) in [7, 11) is -3.47. The van der Waals surface area contributed by atoms with Gasteiger partial charge >= 0.3 is 0 Å². The zero-order valence-corrected chi connectivity index (χ0v) is 20.1. The highest BCUT2D eigenvalue weighted by atomic mass is 32.2. The van der Waals surface area contributed by atoms with Crippen LogP contribution in [0.2, 0.25) is 0 Å². The summed E-state index contributed by atoms with van der Waals surface area (Å²) in [5.41, 5.74) is 3.54. The first kappa shape index (κ1) is 23.2. The maximum Gasteiger partial charge on any atom is 0.243 e. The van der Waals surface area contributed by atoms with E-state index in [-0.39, 0.29) is 17.2 Å². The van der Waals surface area contributed by atoms with Gasteiger partial charge in [0, 0.05) is 25.8 Å². The molecule has 1 saturated heterocycles. The highest BCUT2D eigenvalue weighted by Gasteiger charge is 2.25. The molecule has 35 heavy (non-hydrogen) atoms. The summed E-state index contributed by atoms with van der Waals surface area (Å²) in [5.74, 6) is 0.620. The number of amides is 1. The normalized spacial score (nSPS) is 14.7. The summed E-state index contributed by atoms with van der Waals surface area (Å²) >= 11 is 0. The van der Waals surface area contributed by atoms with Gasteiger partial charge in [0.2, 0.25) is 15.9 Å². The number of aromatic nitrogens is 3. The molecule has 8 nitrogen and oxygen atoms in total. The van der Waals surface area contributed by atoms with Gasteiger partial charge in [-0.05, 0) is 54.3 Å². The Kier molecular flexibility index (Phi) is 6.61. The lowest BCUT2D eigenvalue weighted by atomic mass is 10.1. The Balaban J connectivity index is 1.16. The van der Waals surface area contributed by atoms with Crippen LogP contribution in [0.3, 0.4) is 0 Å². The summed E-state index contributed by atoms with van der Waals surface area (Å²) in [6.45, 7) is 1.50. The van der Waals surface area contributed by atoms with E-state index in [9.17, 15) is 13.2 Å². The molecule has 4 aromatic rings. The van der Waals surface area contributed by atoms with Crippen LogP contribution < -0.4 is 5.32 Å². The molecule has 2 aromatic carbocycles. The van der Waals surface area contributed by atoms with E-state index >= 15 is 0 Å². The smallest absolute Gasteiger partial charge is 0.243 e. The number of rotatable bonds is 7. The minimum absolute atomic E-state index is 0.138. The largest absolute Gasteiger partial charge is 0.352 e. The van der Waals surface area contributed by atoms with E-state index in [0.717, 1.165) is 47.2 Å². The Morgan fingerprint density at radius 1 is 0.886 bits per heavy atom. The van der Waals surface area contributed by atoms with E-state index in [1.165, 1.54) is 0 Å². The van der Waals surface area contributed by atoms with Crippen LogP contribution in [-0.4, -0.2) is 46.3 Å². The van der Waals surface area contributed by atoms with Crippen LogP contribution in [0, 0.1) is 0 Å². The van der Waals surface area contributed by atoms with Crippen LogP contribution in [-0.2, 0) is 27.8 Å². The molecule has 1 N–H and O–H groups in total. The van der Waals surface area contributed by atoms with Gasteiger partial charge in [0.05, 0.1) is 22.3 Å². The topological polar surface area (TPSA) is 97.2 Å². The molecule has 2 aromatic heterocycles. The summed E-state index contributed by atoms with van der Waals surface area (Å²) in [6.07, 6.45) is 6.53. The number of carbonyl (C=O) groups is 1. The second kappa shape index (κ2) is 9.97. The third kappa shape index (κ3) is 5.11. The van der Waals surface area contributed by atoms with Crippen LogP contribution in [0.4, 0.5) is 0 Å². The van der Waals surface area contributed by atoms with Gasteiger partial charge in [-0.2, -0.15) is 4.31 Å². The number of pyridine rings is 1. The van der Waals surface area contributed by atoms with Crippen molar-refractivity contribution in [2.75, 3.05) is 13.1 Å². The van der Waals surface area contributed by atoms with Gasteiger partial charge in [-0.15, -0.1) is 0 Å². The maximum atomic E-state index is 12.8. The highest BCUT2D eigenvalue weighted by Crippen LogP contribution is 2.21. The van der Waals surface area contributed by atoms with E-state index in [1.807, 2.05) is 41.0 Å². The number of para-hydroxylation sites is 2. The number of nitrogens with one attached hydrogen (secondary N) is 1. The lowest BCUT2D eigenvalue weighted by Crippen LogP contribution is -2.35. The Hall–Kier alpha value is -3.56. The second-order valence-corrected chi connectivity index (χ2v) is 10.6. The predicted molar refractivity (Wildman–Crippen MR) is 133 cm³/mol. The quantitative estimate of drug-likeness (QED) is 0.429. The number of imidazole rings is 1. The number of benzene rings is 2. The molecule has 1 aliphatic rings. The SMILES string of the molecule is O=C(Cc1ccc(S(=O)(=O)N2CCCCC2)cc1)NCc1ccc(-n2cnc3ccccc32)nc1. The second-order valence-electron chi connectivity index (χ2n) is 8.69. The average Bonchev–Trinajstić information content (AvgIpc) is 3.33. The van der Waals surface area contributed by atoms with Crippen molar-refractivity contribution in [3.63, 3.8) is 0 Å². The van der Waals surface area contributed by atoms with Crippen molar-refractivity contribution >= 4 is 27.0 Å². The first-order chi connectivity index (χ1) is 17.0. The Morgan fingerprint density at radius 2 is 1.63 bits per heavy atom. The molecule has 0 unspecified atom stereocenters. The molecule has 180 valence electrons. The van der Waals surface area contributed by atoms with Crippen LogP contribution in [0.1, 0.15) is 30.4 Å². The van der Waals surface area contributed by atoms with Crippen LogP contribution in [0.5, 0.6) is 0 Å². The fraction of sp³-hybridized carbons (Fsp3) is 0.269. The zero-order chi connectivity index (χ0) is 24.3. The number of hydrogen-bond acceptors (Lipinski definition) is 5. The number of hydrogen-bond donors (Lipinski definition) is 1. The van der Waals surface area contributed by atoms with Gasteiger partial charge in [-0.25, -0.2) is 18.4 Å². The van der Waals surface area contributed by atoms with Crippen molar-refractivity contribution < 1.29 is 13.2 Å². The van der Waals surface area contributed by atoms with Gasteiger partial charge in [0.15, 0.2) is 0 Å². The molecule has 0 bridgehead atoms.